The lowest BCUT2D eigenvalue weighted by molar-refractivity contribution is -0.129. The fourth-order valence-corrected chi connectivity index (χ4v) is 9.33. The number of hydrogen-bond donors (Lipinski definition) is 2. The van der Waals surface area contributed by atoms with E-state index in [-0.39, 0.29) is 40.9 Å². The number of aryl methyl sites for hydroxylation is 1. The molecule has 1 aliphatic heterocycles. The van der Waals surface area contributed by atoms with Gasteiger partial charge in [0.25, 0.3) is 0 Å². The molecular formula is C40H50N4O5. The first kappa shape index (κ1) is 32.4. The quantitative estimate of drug-likeness (QED) is 0.254. The van der Waals surface area contributed by atoms with Crippen molar-refractivity contribution in [2.75, 3.05) is 20.2 Å². The zero-order chi connectivity index (χ0) is 33.8. The van der Waals surface area contributed by atoms with Crippen LogP contribution in [0.3, 0.4) is 0 Å². The van der Waals surface area contributed by atoms with Gasteiger partial charge in [-0.1, -0.05) is 30.3 Å². The lowest BCUT2D eigenvalue weighted by Crippen LogP contribution is -2.54. The third kappa shape index (κ3) is 6.24. The van der Waals surface area contributed by atoms with Crippen LogP contribution in [-0.4, -0.2) is 64.2 Å². The highest BCUT2D eigenvalue weighted by Gasteiger charge is 2.53. The van der Waals surface area contributed by atoms with E-state index in [0.717, 1.165) is 55.4 Å². The molecule has 1 unspecified atom stereocenters. The number of fused-ring (bicyclic) bond motifs is 3. The largest absolute Gasteiger partial charge is 0.496 e. The van der Waals surface area contributed by atoms with Gasteiger partial charge in [-0.3, -0.25) is 9.48 Å². The number of methoxy groups -OCH3 is 1. The van der Waals surface area contributed by atoms with Gasteiger partial charge in [0.15, 0.2) is 0 Å². The number of nitrogens with one attached hydrogen (secondary N) is 1. The smallest absolute Gasteiger partial charge is 0.410 e. The number of benzene rings is 2. The molecular weight excluding hydrogens is 616 g/mol. The zero-order valence-electron chi connectivity index (χ0n) is 28.9. The van der Waals surface area contributed by atoms with Crippen LogP contribution >= 0.6 is 0 Å². The Labute approximate surface area is 289 Å². The number of aliphatic hydroxyl groups is 1. The molecule has 9 heteroatoms. The molecule has 2 amide bonds. The fraction of sp³-hybridized carbons (Fsp3) is 0.575. The Morgan fingerprint density at radius 2 is 1.67 bits per heavy atom. The van der Waals surface area contributed by atoms with E-state index < -0.39 is 6.10 Å². The summed E-state index contributed by atoms with van der Waals surface area (Å²) in [6.07, 6.45) is 14.9. The number of amides is 2. The van der Waals surface area contributed by atoms with Crippen LogP contribution in [0.5, 0.6) is 5.75 Å². The van der Waals surface area contributed by atoms with Crippen LogP contribution in [0.1, 0.15) is 106 Å². The number of β-amino-alcohol motifs (C(OH)–C–C–N with tert-alkyl or cyclic N) is 1. The van der Waals surface area contributed by atoms with Crippen LogP contribution in [0.2, 0.25) is 0 Å². The third-order valence-electron chi connectivity index (χ3n) is 12.7. The lowest BCUT2D eigenvalue weighted by Gasteiger charge is -2.57. The first-order chi connectivity index (χ1) is 23.7. The molecule has 0 radical (unpaired) electrons. The molecule has 2 aromatic carbocycles. The molecule has 260 valence electrons. The Bertz CT molecular complexity index is 1680. The molecule has 1 aromatic heterocycles. The Hall–Kier alpha value is -3.85. The number of aliphatic hydroxyl groups excluding tert-OH is 1. The second kappa shape index (κ2) is 12.8. The third-order valence-corrected chi connectivity index (χ3v) is 12.7. The number of carbonyl (C=O) groups is 2. The van der Waals surface area contributed by atoms with Gasteiger partial charge in [0.05, 0.1) is 44.6 Å². The summed E-state index contributed by atoms with van der Waals surface area (Å²) in [7, 11) is 1.74. The monoisotopic (exact) mass is 666 g/mol. The van der Waals surface area contributed by atoms with Crippen molar-refractivity contribution in [3.63, 3.8) is 0 Å². The first-order valence-electron chi connectivity index (χ1n) is 18.5. The molecule has 5 aliphatic carbocycles. The SMILES string of the molecule is COc1ccc(C23CCC(C(NC(=O)C4CCC(OC(=O)N5CC(O)C5)CC4)c4cccc(-c5cnn(C6CC6)c5)c4)(CC2)CC3)cc1C. The van der Waals surface area contributed by atoms with E-state index in [2.05, 4.69) is 70.7 Å². The van der Waals surface area contributed by atoms with E-state index in [1.807, 2.05) is 6.20 Å². The maximum atomic E-state index is 14.2. The molecule has 9 rings (SSSR count). The summed E-state index contributed by atoms with van der Waals surface area (Å²) in [6, 6.07) is 16.0. The van der Waals surface area contributed by atoms with E-state index in [1.54, 1.807) is 7.11 Å². The van der Waals surface area contributed by atoms with Crippen molar-refractivity contribution < 1.29 is 24.2 Å². The minimum Gasteiger partial charge on any atom is -0.496 e. The highest BCUT2D eigenvalue weighted by Crippen LogP contribution is 2.62. The molecule has 6 aliphatic rings. The van der Waals surface area contributed by atoms with Gasteiger partial charge in [0.2, 0.25) is 5.91 Å². The van der Waals surface area contributed by atoms with Crippen LogP contribution < -0.4 is 10.1 Å². The van der Waals surface area contributed by atoms with Crippen molar-refractivity contribution in [3.8, 4) is 16.9 Å². The number of aromatic nitrogens is 2. The fourth-order valence-electron chi connectivity index (χ4n) is 9.33. The number of rotatable bonds is 9. The minimum atomic E-state index is -0.447. The molecule has 5 saturated carbocycles. The first-order valence-corrected chi connectivity index (χ1v) is 18.5. The van der Waals surface area contributed by atoms with Gasteiger partial charge in [0.1, 0.15) is 11.9 Å². The summed E-state index contributed by atoms with van der Waals surface area (Å²) < 4.78 is 13.4. The molecule has 0 spiro atoms. The summed E-state index contributed by atoms with van der Waals surface area (Å²) in [5.41, 5.74) is 6.23. The molecule has 2 bridgehead atoms. The van der Waals surface area contributed by atoms with Gasteiger partial charge in [-0.15, -0.1) is 0 Å². The molecule has 2 heterocycles. The summed E-state index contributed by atoms with van der Waals surface area (Å²) in [6.45, 7) is 2.81. The van der Waals surface area contributed by atoms with Gasteiger partial charge >= 0.3 is 6.09 Å². The van der Waals surface area contributed by atoms with Crippen molar-refractivity contribution in [2.24, 2.45) is 11.3 Å². The molecule has 2 N–H and O–H groups in total. The van der Waals surface area contributed by atoms with Crippen molar-refractivity contribution in [2.45, 2.75) is 114 Å². The standard InChI is InChI=1S/C40H50N4O5/c1-26-20-31(8-13-35(26)48-2)39-14-17-40(18-15-39,19-16-39)36(29-5-3-4-28(21-29)30-22-41-44(23-30)32-9-10-32)42-37(46)27-6-11-34(12-7-27)49-38(47)43-24-33(45)25-43/h3-5,8,13,20-23,27,32-34,36,45H,6-7,9-12,14-19,24-25H2,1-2H3,(H,42,46). The lowest BCUT2D eigenvalue weighted by atomic mass is 9.49. The highest BCUT2D eigenvalue weighted by molar-refractivity contribution is 5.79. The van der Waals surface area contributed by atoms with Gasteiger partial charge in [-0.05, 0) is 129 Å². The van der Waals surface area contributed by atoms with E-state index in [1.165, 1.54) is 34.4 Å². The maximum Gasteiger partial charge on any atom is 0.410 e. The summed E-state index contributed by atoms with van der Waals surface area (Å²) >= 11 is 0. The predicted molar refractivity (Wildman–Crippen MR) is 186 cm³/mol. The Morgan fingerprint density at radius 1 is 0.939 bits per heavy atom. The number of likely N-dealkylation sites (tertiary alicyclic amines) is 1. The average Bonchev–Trinajstić information content (AvgIpc) is 3.85. The Morgan fingerprint density at radius 3 is 2.33 bits per heavy atom. The van der Waals surface area contributed by atoms with Crippen molar-refractivity contribution >= 4 is 12.0 Å². The number of carbonyl (C=O) groups excluding carboxylic acids is 2. The van der Waals surface area contributed by atoms with E-state index in [9.17, 15) is 14.7 Å². The average molecular weight is 667 g/mol. The van der Waals surface area contributed by atoms with Gasteiger partial charge in [-0.25, -0.2) is 4.79 Å². The van der Waals surface area contributed by atoms with Crippen LogP contribution in [0, 0.1) is 18.3 Å². The number of ether oxygens (including phenoxy) is 2. The maximum absolute atomic E-state index is 14.2. The topological polar surface area (TPSA) is 106 Å². The highest BCUT2D eigenvalue weighted by atomic mass is 16.6. The Balaban J connectivity index is 1.01. The summed E-state index contributed by atoms with van der Waals surface area (Å²) in [5.74, 6) is 0.956. The predicted octanol–water partition coefficient (Wildman–Crippen LogP) is 7.02. The number of hydrogen-bond acceptors (Lipinski definition) is 6. The normalized spacial score (nSPS) is 28.8. The van der Waals surface area contributed by atoms with Gasteiger partial charge in [-0.2, -0.15) is 5.10 Å². The summed E-state index contributed by atoms with van der Waals surface area (Å²) in [5, 5.41) is 17.9. The van der Waals surface area contributed by atoms with Crippen LogP contribution in [0.4, 0.5) is 4.79 Å². The van der Waals surface area contributed by atoms with Crippen molar-refractivity contribution in [3.05, 3.63) is 71.5 Å². The number of nitrogens with zero attached hydrogens (tertiary/aromatic N) is 3. The van der Waals surface area contributed by atoms with E-state index in [0.29, 0.717) is 44.8 Å². The van der Waals surface area contributed by atoms with E-state index in [4.69, 9.17) is 9.47 Å². The Kier molecular flexibility index (Phi) is 8.45. The molecule has 1 atom stereocenters. The zero-order valence-corrected chi connectivity index (χ0v) is 28.9. The van der Waals surface area contributed by atoms with Crippen molar-refractivity contribution in [1.29, 1.82) is 0 Å². The van der Waals surface area contributed by atoms with Crippen LogP contribution in [0.15, 0.2) is 54.9 Å². The molecule has 6 fully saturated rings. The second-order valence-corrected chi connectivity index (χ2v) is 15.8. The molecule has 49 heavy (non-hydrogen) atoms. The second-order valence-electron chi connectivity index (χ2n) is 15.8. The molecule has 9 nitrogen and oxygen atoms in total. The van der Waals surface area contributed by atoms with Gasteiger partial charge in [0, 0.05) is 17.7 Å². The van der Waals surface area contributed by atoms with E-state index >= 15 is 0 Å². The summed E-state index contributed by atoms with van der Waals surface area (Å²) in [4.78, 5) is 28.1. The molecule has 1 saturated heterocycles. The van der Waals surface area contributed by atoms with Crippen LogP contribution in [0.25, 0.3) is 11.1 Å². The van der Waals surface area contributed by atoms with Gasteiger partial charge < -0.3 is 24.8 Å². The minimum absolute atomic E-state index is 0.00966. The van der Waals surface area contributed by atoms with Crippen LogP contribution in [-0.2, 0) is 14.9 Å². The molecule has 3 aromatic rings. The van der Waals surface area contributed by atoms with Crippen molar-refractivity contribution in [1.82, 2.24) is 20.0 Å².